The van der Waals surface area contributed by atoms with Gasteiger partial charge in [-0.05, 0) is 17.4 Å². The Labute approximate surface area is 108 Å². The van der Waals surface area contributed by atoms with Crippen LogP contribution in [0.1, 0.15) is 20.8 Å². The van der Waals surface area contributed by atoms with Crippen LogP contribution in [0.3, 0.4) is 0 Å². The van der Waals surface area contributed by atoms with Crippen LogP contribution in [0.15, 0.2) is 42.5 Å². The van der Waals surface area contributed by atoms with Gasteiger partial charge < -0.3 is 4.74 Å². The zero-order valence-electron chi connectivity index (χ0n) is 11.0. The fourth-order valence-electron chi connectivity index (χ4n) is 1.76. The molecule has 18 heavy (non-hydrogen) atoms. The third-order valence-electron chi connectivity index (χ3n) is 3.33. The van der Waals surface area contributed by atoms with Crippen molar-refractivity contribution in [3.8, 4) is 5.75 Å². The second kappa shape index (κ2) is 5.21. The molecule has 0 amide bonds. The first-order chi connectivity index (χ1) is 8.59. The molecule has 2 aromatic rings. The number of rotatable bonds is 3. The molecule has 0 saturated heterocycles. The van der Waals surface area contributed by atoms with E-state index in [1.165, 1.54) is 0 Å². The minimum absolute atomic E-state index is 0.0935. The van der Waals surface area contributed by atoms with Crippen LogP contribution >= 0.6 is 0 Å². The molecule has 2 nitrogen and oxygen atoms in total. The summed E-state index contributed by atoms with van der Waals surface area (Å²) in [6.07, 6.45) is 0. The number of carbonyl (C=O) groups is 1. The molecule has 1 unspecified atom stereocenters. The summed E-state index contributed by atoms with van der Waals surface area (Å²) in [7, 11) is 0. The highest BCUT2D eigenvalue weighted by Gasteiger charge is 2.19. The first-order valence-electron chi connectivity index (χ1n) is 6.29. The molecule has 0 fully saturated rings. The van der Waals surface area contributed by atoms with Crippen LogP contribution < -0.4 is 4.74 Å². The van der Waals surface area contributed by atoms with Crippen molar-refractivity contribution >= 4 is 16.7 Å². The quantitative estimate of drug-likeness (QED) is 0.600. The fourth-order valence-corrected chi connectivity index (χ4v) is 1.76. The molecule has 0 aliphatic heterocycles. The molecule has 2 aromatic carbocycles. The second-order valence-electron chi connectivity index (χ2n) is 4.93. The molecule has 94 valence electrons. The fraction of sp³-hybridized carbons (Fsp3) is 0.312. The second-order valence-corrected chi connectivity index (χ2v) is 4.93. The van der Waals surface area contributed by atoms with Crippen molar-refractivity contribution in [1.29, 1.82) is 0 Å². The van der Waals surface area contributed by atoms with Crippen LogP contribution in [0, 0.1) is 11.8 Å². The first-order valence-corrected chi connectivity index (χ1v) is 6.29. The third-order valence-corrected chi connectivity index (χ3v) is 3.33. The van der Waals surface area contributed by atoms with E-state index < -0.39 is 0 Å². The van der Waals surface area contributed by atoms with Crippen molar-refractivity contribution in [3.63, 3.8) is 0 Å². The number of ether oxygens (including phenoxy) is 1. The summed E-state index contributed by atoms with van der Waals surface area (Å²) in [4.78, 5) is 12.0. The van der Waals surface area contributed by atoms with E-state index in [1.807, 2.05) is 63.2 Å². The minimum atomic E-state index is -0.165. The monoisotopic (exact) mass is 242 g/mol. The van der Waals surface area contributed by atoms with E-state index in [9.17, 15) is 4.79 Å². The van der Waals surface area contributed by atoms with Gasteiger partial charge in [-0.25, -0.2) is 0 Å². The summed E-state index contributed by atoms with van der Waals surface area (Å²) in [6, 6.07) is 13.7. The molecule has 0 heterocycles. The molecule has 0 N–H and O–H groups in total. The molecule has 0 saturated carbocycles. The molecule has 0 aromatic heterocycles. The van der Waals surface area contributed by atoms with Crippen molar-refractivity contribution < 1.29 is 9.53 Å². The summed E-state index contributed by atoms with van der Waals surface area (Å²) in [6.45, 7) is 5.95. The van der Waals surface area contributed by atoms with Gasteiger partial charge in [-0.2, -0.15) is 0 Å². The Morgan fingerprint density at radius 2 is 1.67 bits per heavy atom. The van der Waals surface area contributed by atoms with Crippen molar-refractivity contribution in [2.75, 3.05) is 0 Å². The summed E-state index contributed by atoms with van der Waals surface area (Å²) in [5, 5.41) is 2.06. The Balaban J connectivity index is 2.30. The highest BCUT2D eigenvalue weighted by atomic mass is 16.5. The highest BCUT2D eigenvalue weighted by Crippen LogP contribution is 2.26. The lowest BCUT2D eigenvalue weighted by Gasteiger charge is -2.15. The standard InChI is InChI=1S/C16H18O2/c1-11(2)12(3)16(17)18-15-10-6-8-13-7-4-5-9-14(13)15/h4-12H,1-3H3. The number of benzene rings is 2. The predicted molar refractivity (Wildman–Crippen MR) is 73.6 cm³/mol. The van der Waals surface area contributed by atoms with Crippen molar-refractivity contribution in [1.82, 2.24) is 0 Å². The number of esters is 1. The molecule has 0 spiro atoms. The highest BCUT2D eigenvalue weighted by molar-refractivity contribution is 5.90. The van der Waals surface area contributed by atoms with Gasteiger partial charge in [-0.15, -0.1) is 0 Å². The zero-order chi connectivity index (χ0) is 13.1. The van der Waals surface area contributed by atoms with Gasteiger partial charge in [0, 0.05) is 5.39 Å². The lowest BCUT2D eigenvalue weighted by atomic mass is 9.98. The predicted octanol–water partition coefficient (Wildman–Crippen LogP) is 4.04. The van der Waals surface area contributed by atoms with Crippen LogP contribution in [-0.2, 0) is 4.79 Å². The Kier molecular flexibility index (Phi) is 3.66. The van der Waals surface area contributed by atoms with Crippen LogP contribution in [0.25, 0.3) is 10.8 Å². The van der Waals surface area contributed by atoms with E-state index in [2.05, 4.69) is 0 Å². The van der Waals surface area contributed by atoms with Gasteiger partial charge in [0.2, 0.25) is 0 Å². The minimum Gasteiger partial charge on any atom is -0.426 e. The van der Waals surface area contributed by atoms with E-state index in [4.69, 9.17) is 4.74 Å². The van der Waals surface area contributed by atoms with Gasteiger partial charge >= 0.3 is 5.97 Å². The average molecular weight is 242 g/mol. The lowest BCUT2D eigenvalue weighted by Crippen LogP contribution is -2.22. The topological polar surface area (TPSA) is 26.3 Å². The normalized spacial score (nSPS) is 12.7. The molecule has 0 aliphatic rings. The maximum atomic E-state index is 12.0. The Morgan fingerprint density at radius 3 is 2.39 bits per heavy atom. The number of hydrogen-bond donors (Lipinski definition) is 0. The van der Waals surface area contributed by atoms with E-state index in [0.717, 1.165) is 10.8 Å². The molecule has 2 heteroatoms. The van der Waals surface area contributed by atoms with E-state index in [-0.39, 0.29) is 17.8 Å². The van der Waals surface area contributed by atoms with Crippen LogP contribution in [0.5, 0.6) is 5.75 Å². The molecule has 0 aliphatic carbocycles. The number of fused-ring (bicyclic) bond motifs is 1. The van der Waals surface area contributed by atoms with Gasteiger partial charge in [0.05, 0.1) is 5.92 Å². The molecule has 0 bridgehead atoms. The molecule has 0 radical (unpaired) electrons. The molecular weight excluding hydrogens is 224 g/mol. The largest absolute Gasteiger partial charge is 0.426 e. The van der Waals surface area contributed by atoms with Crippen molar-refractivity contribution in [2.45, 2.75) is 20.8 Å². The van der Waals surface area contributed by atoms with Gasteiger partial charge in [0.15, 0.2) is 0 Å². The maximum Gasteiger partial charge on any atom is 0.314 e. The van der Waals surface area contributed by atoms with Crippen molar-refractivity contribution in [2.24, 2.45) is 11.8 Å². The Bertz CT molecular complexity index is 553. The van der Waals surface area contributed by atoms with Crippen LogP contribution in [0.4, 0.5) is 0 Å². The average Bonchev–Trinajstić information content (AvgIpc) is 2.38. The summed E-state index contributed by atoms with van der Waals surface area (Å²) in [5.74, 6) is 0.670. The lowest BCUT2D eigenvalue weighted by molar-refractivity contribution is -0.139. The number of carbonyl (C=O) groups excluding carboxylic acids is 1. The summed E-state index contributed by atoms with van der Waals surface area (Å²) >= 11 is 0. The smallest absolute Gasteiger partial charge is 0.314 e. The third kappa shape index (κ3) is 2.53. The zero-order valence-corrected chi connectivity index (χ0v) is 11.0. The van der Waals surface area contributed by atoms with Gasteiger partial charge in [-0.3, -0.25) is 4.79 Å². The van der Waals surface area contributed by atoms with Crippen LogP contribution in [-0.4, -0.2) is 5.97 Å². The Hall–Kier alpha value is -1.83. The summed E-state index contributed by atoms with van der Waals surface area (Å²) < 4.78 is 5.51. The van der Waals surface area contributed by atoms with Gasteiger partial charge in [-0.1, -0.05) is 57.2 Å². The first kappa shape index (κ1) is 12.6. The van der Waals surface area contributed by atoms with E-state index in [0.29, 0.717) is 5.75 Å². The molecule has 2 rings (SSSR count). The molecular formula is C16H18O2. The SMILES string of the molecule is CC(C)C(C)C(=O)Oc1cccc2ccccc12. The Morgan fingerprint density at radius 1 is 1.00 bits per heavy atom. The van der Waals surface area contributed by atoms with Crippen LogP contribution in [0.2, 0.25) is 0 Å². The van der Waals surface area contributed by atoms with E-state index >= 15 is 0 Å². The summed E-state index contributed by atoms with van der Waals surface area (Å²) in [5.41, 5.74) is 0. The van der Waals surface area contributed by atoms with E-state index in [1.54, 1.807) is 0 Å². The maximum absolute atomic E-state index is 12.0. The number of hydrogen-bond acceptors (Lipinski definition) is 2. The van der Waals surface area contributed by atoms with Crippen molar-refractivity contribution in [3.05, 3.63) is 42.5 Å². The van der Waals surface area contributed by atoms with Gasteiger partial charge in [0.1, 0.15) is 5.75 Å². The molecule has 1 atom stereocenters. The van der Waals surface area contributed by atoms with Gasteiger partial charge in [0.25, 0.3) is 0 Å².